The van der Waals surface area contributed by atoms with Crippen LogP contribution in [-0.4, -0.2) is 24.0 Å². The molecule has 3 N–H and O–H groups in total. The maximum Gasteiger partial charge on any atom is 0.257 e. The quantitative estimate of drug-likeness (QED) is 0.722. The van der Waals surface area contributed by atoms with Gasteiger partial charge in [-0.15, -0.1) is 0 Å². The number of hydrogen-bond donors (Lipinski definition) is 2. The Kier molecular flexibility index (Phi) is 7.01. The highest BCUT2D eigenvalue weighted by Crippen LogP contribution is 2.17. The van der Waals surface area contributed by atoms with Crippen LogP contribution in [-0.2, 0) is 4.79 Å². The average molecular weight is 294 g/mol. The van der Waals surface area contributed by atoms with Crippen molar-refractivity contribution >= 4 is 23.1 Å². The van der Waals surface area contributed by atoms with Crippen LogP contribution in [0.1, 0.15) is 32.3 Å². The molecule has 0 aliphatic carbocycles. The molecule has 0 aromatic heterocycles. The lowest BCUT2D eigenvalue weighted by atomic mass is 10.0. The van der Waals surface area contributed by atoms with Crippen molar-refractivity contribution < 1.29 is 9.53 Å². The standard InChI is InChI=1S/C15H22N2O2S/c1-3-11(4-2)9-17-14(18)10-19-13-8-6-5-7-12(13)15(16)20/h5-8,11H,3-4,9-10H2,1-2H3,(H2,16,20)(H,17,18). The number of carbonyl (C=O) groups is 1. The van der Waals surface area contributed by atoms with Crippen molar-refractivity contribution in [2.24, 2.45) is 11.7 Å². The van der Waals surface area contributed by atoms with E-state index in [-0.39, 0.29) is 17.5 Å². The van der Waals surface area contributed by atoms with E-state index in [1.807, 2.05) is 12.1 Å². The zero-order chi connectivity index (χ0) is 15.0. The molecule has 4 nitrogen and oxygen atoms in total. The minimum atomic E-state index is -0.130. The van der Waals surface area contributed by atoms with Crippen LogP contribution in [0.3, 0.4) is 0 Å². The van der Waals surface area contributed by atoms with Gasteiger partial charge in [0.15, 0.2) is 6.61 Å². The van der Waals surface area contributed by atoms with E-state index in [9.17, 15) is 4.79 Å². The van der Waals surface area contributed by atoms with Gasteiger partial charge < -0.3 is 15.8 Å². The van der Waals surface area contributed by atoms with E-state index in [4.69, 9.17) is 22.7 Å². The van der Waals surface area contributed by atoms with Crippen LogP contribution < -0.4 is 15.8 Å². The molecule has 0 atom stereocenters. The summed E-state index contributed by atoms with van der Waals surface area (Å²) in [5, 5.41) is 2.88. The number of benzene rings is 1. The van der Waals surface area contributed by atoms with Crippen LogP contribution in [0.4, 0.5) is 0 Å². The van der Waals surface area contributed by atoms with Crippen molar-refractivity contribution in [1.29, 1.82) is 0 Å². The van der Waals surface area contributed by atoms with Crippen molar-refractivity contribution in [2.75, 3.05) is 13.2 Å². The van der Waals surface area contributed by atoms with E-state index in [0.29, 0.717) is 23.8 Å². The molecule has 0 bridgehead atoms. The first kappa shape index (κ1) is 16.4. The monoisotopic (exact) mass is 294 g/mol. The molecule has 1 rings (SSSR count). The Morgan fingerprint density at radius 2 is 2.00 bits per heavy atom. The molecule has 1 amide bonds. The Labute approximate surface area is 125 Å². The number of nitrogens with two attached hydrogens (primary N) is 1. The molecule has 0 unspecified atom stereocenters. The largest absolute Gasteiger partial charge is 0.483 e. The lowest BCUT2D eigenvalue weighted by Gasteiger charge is -2.14. The fourth-order valence-electron chi connectivity index (χ4n) is 1.83. The van der Waals surface area contributed by atoms with E-state index >= 15 is 0 Å². The third-order valence-electron chi connectivity index (χ3n) is 3.25. The summed E-state index contributed by atoms with van der Waals surface area (Å²) in [6.07, 6.45) is 2.11. The first-order chi connectivity index (χ1) is 9.58. The van der Waals surface area contributed by atoms with Gasteiger partial charge in [0.05, 0.1) is 5.56 Å². The van der Waals surface area contributed by atoms with E-state index < -0.39 is 0 Å². The van der Waals surface area contributed by atoms with Gasteiger partial charge in [-0.3, -0.25) is 4.79 Å². The fraction of sp³-hybridized carbons (Fsp3) is 0.467. The Balaban J connectivity index is 2.47. The molecular formula is C15H22N2O2S. The van der Waals surface area contributed by atoms with Crippen LogP contribution in [0.2, 0.25) is 0 Å². The van der Waals surface area contributed by atoms with Gasteiger partial charge in [0.1, 0.15) is 10.7 Å². The first-order valence-corrected chi connectivity index (χ1v) is 7.27. The second-order valence-corrected chi connectivity index (χ2v) is 5.08. The Bertz CT molecular complexity index is 459. The first-order valence-electron chi connectivity index (χ1n) is 6.86. The van der Waals surface area contributed by atoms with Gasteiger partial charge in [0, 0.05) is 6.54 Å². The Hall–Kier alpha value is -1.62. The molecule has 5 heteroatoms. The molecule has 0 saturated heterocycles. The maximum atomic E-state index is 11.7. The summed E-state index contributed by atoms with van der Waals surface area (Å²) in [7, 11) is 0. The summed E-state index contributed by atoms with van der Waals surface area (Å²) in [5.41, 5.74) is 6.25. The normalized spacial score (nSPS) is 10.3. The van der Waals surface area contributed by atoms with Gasteiger partial charge >= 0.3 is 0 Å². The van der Waals surface area contributed by atoms with Gasteiger partial charge in [-0.05, 0) is 18.1 Å². The van der Waals surface area contributed by atoms with E-state index in [2.05, 4.69) is 19.2 Å². The number of amides is 1. The number of hydrogen-bond acceptors (Lipinski definition) is 3. The van der Waals surface area contributed by atoms with Crippen molar-refractivity contribution in [3.8, 4) is 5.75 Å². The number of carbonyl (C=O) groups excluding carboxylic acids is 1. The Morgan fingerprint density at radius 1 is 1.35 bits per heavy atom. The number of thiocarbonyl (C=S) groups is 1. The highest BCUT2D eigenvalue weighted by atomic mass is 32.1. The summed E-state index contributed by atoms with van der Waals surface area (Å²) in [6.45, 7) is 4.90. The van der Waals surface area contributed by atoms with Gasteiger partial charge in [-0.1, -0.05) is 51.0 Å². The minimum absolute atomic E-state index is 0.0280. The molecule has 0 aliphatic heterocycles. The predicted octanol–water partition coefficient (Wildman–Crippen LogP) is 2.25. The van der Waals surface area contributed by atoms with Crippen LogP contribution in [0.15, 0.2) is 24.3 Å². The molecule has 0 heterocycles. The topological polar surface area (TPSA) is 64.3 Å². The van der Waals surface area contributed by atoms with Crippen molar-refractivity contribution in [3.63, 3.8) is 0 Å². The predicted molar refractivity (Wildman–Crippen MR) is 84.9 cm³/mol. The van der Waals surface area contributed by atoms with Gasteiger partial charge in [0.2, 0.25) is 0 Å². The summed E-state index contributed by atoms with van der Waals surface area (Å²) in [5.74, 6) is 0.926. The van der Waals surface area contributed by atoms with E-state index in [1.165, 1.54) is 0 Å². The minimum Gasteiger partial charge on any atom is -0.483 e. The van der Waals surface area contributed by atoms with E-state index in [1.54, 1.807) is 12.1 Å². The molecule has 0 spiro atoms. The molecule has 20 heavy (non-hydrogen) atoms. The molecular weight excluding hydrogens is 272 g/mol. The summed E-state index contributed by atoms with van der Waals surface area (Å²) < 4.78 is 5.48. The molecule has 0 fully saturated rings. The smallest absolute Gasteiger partial charge is 0.257 e. The molecule has 0 saturated carbocycles. The SMILES string of the molecule is CCC(CC)CNC(=O)COc1ccccc1C(N)=S. The van der Waals surface area contributed by atoms with Gasteiger partial charge in [-0.25, -0.2) is 0 Å². The molecule has 0 aliphatic rings. The third-order valence-corrected chi connectivity index (χ3v) is 3.47. The van der Waals surface area contributed by atoms with Gasteiger partial charge in [0.25, 0.3) is 5.91 Å². The third kappa shape index (κ3) is 5.17. The number of para-hydroxylation sites is 1. The van der Waals surface area contributed by atoms with E-state index in [0.717, 1.165) is 12.8 Å². The van der Waals surface area contributed by atoms with Crippen molar-refractivity contribution in [2.45, 2.75) is 26.7 Å². The maximum absolute atomic E-state index is 11.7. The summed E-state index contributed by atoms with van der Waals surface area (Å²) in [6, 6.07) is 7.18. The molecule has 110 valence electrons. The molecule has 0 radical (unpaired) electrons. The zero-order valence-corrected chi connectivity index (χ0v) is 12.8. The lowest BCUT2D eigenvalue weighted by Crippen LogP contribution is -2.33. The highest BCUT2D eigenvalue weighted by molar-refractivity contribution is 7.80. The summed E-state index contributed by atoms with van der Waals surface area (Å²) in [4.78, 5) is 12.0. The van der Waals surface area contributed by atoms with Crippen LogP contribution in [0.5, 0.6) is 5.75 Å². The van der Waals surface area contributed by atoms with Gasteiger partial charge in [-0.2, -0.15) is 0 Å². The number of ether oxygens (including phenoxy) is 1. The van der Waals surface area contributed by atoms with Crippen LogP contribution in [0.25, 0.3) is 0 Å². The molecule has 1 aromatic rings. The van der Waals surface area contributed by atoms with Crippen LogP contribution >= 0.6 is 12.2 Å². The second kappa shape index (κ2) is 8.53. The highest BCUT2D eigenvalue weighted by Gasteiger charge is 2.09. The van der Waals surface area contributed by atoms with Crippen molar-refractivity contribution in [1.82, 2.24) is 5.32 Å². The molecule has 1 aromatic carbocycles. The van der Waals surface area contributed by atoms with Crippen LogP contribution in [0, 0.1) is 5.92 Å². The Morgan fingerprint density at radius 3 is 2.60 bits per heavy atom. The number of rotatable bonds is 8. The second-order valence-electron chi connectivity index (χ2n) is 4.64. The fourth-order valence-corrected chi connectivity index (χ4v) is 1.99. The summed E-state index contributed by atoms with van der Waals surface area (Å²) >= 11 is 4.94. The van der Waals surface area contributed by atoms with Crippen molar-refractivity contribution in [3.05, 3.63) is 29.8 Å². The lowest BCUT2D eigenvalue weighted by molar-refractivity contribution is -0.123. The number of nitrogens with one attached hydrogen (secondary N) is 1. The average Bonchev–Trinajstić information content (AvgIpc) is 2.46. The zero-order valence-electron chi connectivity index (χ0n) is 12.0.